The molecule has 0 aromatic heterocycles. The molecule has 4 rings (SSSR count). The summed E-state index contributed by atoms with van der Waals surface area (Å²) in [6.07, 6.45) is 7.80. The minimum absolute atomic E-state index is 0.0650. The molecule has 1 saturated heterocycles. The molecule has 2 fully saturated rings. The Balaban J connectivity index is 1.53. The lowest BCUT2D eigenvalue weighted by atomic mass is 9.93. The van der Waals surface area contributed by atoms with Crippen LogP contribution in [0.1, 0.15) is 77.3 Å². The number of nitrogens with zero attached hydrogens (tertiary/aromatic N) is 3. The first-order valence-corrected chi connectivity index (χ1v) is 13.9. The summed E-state index contributed by atoms with van der Waals surface area (Å²) < 4.78 is 0. The van der Waals surface area contributed by atoms with Gasteiger partial charge in [0.1, 0.15) is 0 Å². The summed E-state index contributed by atoms with van der Waals surface area (Å²) in [4.78, 5) is 35.0. The standard InChI is InChI=1S/C27H38N4O2S/c1-4-30(5-2)26(33)24-19(3)28-27-31(17-8-18-34-27)25(24)21-12-14-22(15-13-21)29-23(32)16-11-20-9-6-7-10-20/h12-15,20,25H,4-11,16-18H2,1-3H3,(H,29,32). The molecule has 2 amide bonds. The van der Waals surface area contributed by atoms with E-state index in [4.69, 9.17) is 4.99 Å². The van der Waals surface area contributed by atoms with Crippen LogP contribution in [0.15, 0.2) is 40.5 Å². The Bertz CT molecular complexity index is 946. The third-order valence-corrected chi connectivity index (χ3v) is 8.38. The summed E-state index contributed by atoms with van der Waals surface area (Å²) >= 11 is 1.77. The Morgan fingerprint density at radius 2 is 1.82 bits per heavy atom. The zero-order valence-corrected chi connectivity index (χ0v) is 21.6. The lowest BCUT2D eigenvalue weighted by Gasteiger charge is -2.41. The molecule has 1 atom stereocenters. The summed E-state index contributed by atoms with van der Waals surface area (Å²) in [6.45, 7) is 8.24. The normalized spacial score (nSPS) is 20.7. The van der Waals surface area contributed by atoms with Crippen LogP contribution in [0.4, 0.5) is 5.69 Å². The van der Waals surface area contributed by atoms with E-state index in [1.54, 1.807) is 11.8 Å². The molecule has 2 heterocycles. The molecule has 6 nitrogen and oxygen atoms in total. The van der Waals surface area contributed by atoms with Crippen LogP contribution in [-0.4, -0.2) is 52.2 Å². The van der Waals surface area contributed by atoms with Gasteiger partial charge in [0.2, 0.25) is 5.91 Å². The highest BCUT2D eigenvalue weighted by Gasteiger charge is 2.38. The molecule has 1 aliphatic carbocycles. The molecule has 1 saturated carbocycles. The Morgan fingerprint density at radius 3 is 2.50 bits per heavy atom. The maximum atomic E-state index is 13.5. The fourth-order valence-electron chi connectivity index (χ4n) is 5.38. The lowest BCUT2D eigenvalue weighted by molar-refractivity contribution is -0.127. The van der Waals surface area contributed by atoms with Crippen LogP contribution in [-0.2, 0) is 9.59 Å². The molecule has 1 unspecified atom stereocenters. The number of allylic oxidation sites excluding steroid dienone is 1. The molecule has 0 bridgehead atoms. The highest BCUT2D eigenvalue weighted by atomic mass is 32.2. The molecule has 3 aliphatic rings. The van der Waals surface area contributed by atoms with Gasteiger partial charge < -0.3 is 15.1 Å². The molecule has 184 valence electrons. The molecule has 1 N–H and O–H groups in total. The molecule has 0 radical (unpaired) electrons. The molecule has 1 aromatic carbocycles. The number of carbonyl (C=O) groups is 2. The Labute approximate surface area is 208 Å². The van der Waals surface area contributed by atoms with Crippen molar-refractivity contribution in [3.05, 3.63) is 41.1 Å². The van der Waals surface area contributed by atoms with Crippen molar-refractivity contribution in [1.29, 1.82) is 0 Å². The number of fused-ring (bicyclic) bond motifs is 1. The molecular formula is C27H38N4O2S. The van der Waals surface area contributed by atoms with Crippen molar-refractivity contribution in [2.75, 3.05) is 30.7 Å². The fourth-order valence-corrected chi connectivity index (χ4v) is 6.40. The first kappa shape index (κ1) is 24.8. The van der Waals surface area contributed by atoms with Gasteiger partial charge >= 0.3 is 0 Å². The zero-order valence-electron chi connectivity index (χ0n) is 20.8. The number of anilines is 1. The van der Waals surface area contributed by atoms with Gasteiger partial charge in [-0.25, -0.2) is 4.99 Å². The number of thioether (sulfide) groups is 1. The van der Waals surface area contributed by atoms with Gasteiger partial charge in [0.15, 0.2) is 5.17 Å². The average molecular weight is 483 g/mol. The maximum absolute atomic E-state index is 13.5. The van der Waals surface area contributed by atoms with Gasteiger partial charge in [-0.1, -0.05) is 49.6 Å². The number of benzene rings is 1. The Kier molecular flexibility index (Phi) is 8.35. The summed E-state index contributed by atoms with van der Waals surface area (Å²) in [5, 5.41) is 4.07. The smallest absolute Gasteiger partial charge is 0.254 e. The first-order valence-electron chi connectivity index (χ1n) is 12.9. The number of amidine groups is 1. The topological polar surface area (TPSA) is 65.0 Å². The van der Waals surface area contributed by atoms with Gasteiger partial charge in [-0.15, -0.1) is 0 Å². The summed E-state index contributed by atoms with van der Waals surface area (Å²) in [6, 6.07) is 7.91. The van der Waals surface area contributed by atoms with E-state index in [-0.39, 0.29) is 17.9 Å². The first-order chi connectivity index (χ1) is 16.5. The van der Waals surface area contributed by atoms with Crippen LogP contribution in [0.2, 0.25) is 0 Å². The van der Waals surface area contributed by atoms with Gasteiger partial charge in [0.25, 0.3) is 5.91 Å². The third kappa shape index (κ3) is 5.51. The Morgan fingerprint density at radius 1 is 1.12 bits per heavy atom. The second-order valence-electron chi connectivity index (χ2n) is 9.53. The summed E-state index contributed by atoms with van der Waals surface area (Å²) in [7, 11) is 0. The third-order valence-electron chi connectivity index (χ3n) is 7.30. The summed E-state index contributed by atoms with van der Waals surface area (Å²) in [5.74, 6) is 1.93. The molecule has 7 heteroatoms. The molecular weight excluding hydrogens is 444 g/mol. The Hall–Kier alpha value is -2.28. The van der Waals surface area contributed by atoms with E-state index in [1.165, 1.54) is 25.7 Å². The van der Waals surface area contributed by atoms with Gasteiger partial charge in [0, 0.05) is 37.5 Å². The van der Waals surface area contributed by atoms with E-state index in [0.717, 1.165) is 58.7 Å². The zero-order chi connectivity index (χ0) is 24.1. The number of amides is 2. The number of carbonyl (C=O) groups excluding carboxylic acids is 2. The molecule has 1 aromatic rings. The second-order valence-corrected chi connectivity index (χ2v) is 10.6. The van der Waals surface area contributed by atoms with E-state index in [1.807, 2.05) is 37.8 Å². The molecule has 2 aliphatic heterocycles. The molecule has 0 spiro atoms. The maximum Gasteiger partial charge on any atom is 0.254 e. The van der Waals surface area contributed by atoms with Gasteiger partial charge in [0.05, 0.1) is 17.3 Å². The van der Waals surface area contributed by atoms with Crippen LogP contribution in [0.3, 0.4) is 0 Å². The SMILES string of the molecule is CCN(CC)C(=O)C1=C(C)N=C2SCCCN2C1c1ccc(NC(=O)CCC2CCCC2)cc1. The minimum atomic E-state index is -0.152. The van der Waals surface area contributed by atoms with Crippen molar-refractivity contribution in [3.63, 3.8) is 0 Å². The van der Waals surface area contributed by atoms with Crippen LogP contribution in [0, 0.1) is 5.92 Å². The quantitative estimate of drug-likeness (QED) is 0.525. The molecule has 34 heavy (non-hydrogen) atoms. The van der Waals surface area contributed by atoms with E-state index in [9.17, 15) is 9.59 Å². The lowest BCUT2D eigenvalue weighted by Crippen LogP contribution is -2.45. The number of likely N-dealkylation sites (N-methyl/N-ethyl adjacent to an activating group) is 1. The number of hydrogen-bond donors (Lipinski definition) is 1. The van der Waals surface area contributed by atoms with Crippen LogP contribution >= 0.6 is 11.8 Å². The van der Waals surface area contributed by atoms with E-state index in [2.05, 4.69) is 22.3 Å². The number of nitrogens with one attached hydrogen (secondary N) is 1. The predicted octanol–water partition coefficient (Wildman–Crippen LogP) is 5.59. The van der Waals surface area contributed by atoms with Crippen molar-refractivity contribution in [3.8, 4) is 0 Å². The average Bonchev–Trinajstić information content (AvgIpc) is 3.37. The monoisotopic (exact) mass is 482 g/mol. The van der Waals surface area contributed by atoms with Crippen molar-refractivity contribution >= 4 is 34.4 Å². The summed E-state index contributed by atoms with van der Waals surface area (Å²) in [5.41, 5.74) is 3.46. The highest BCUT2D eigenvalue weighted by molar-refractivity contribution is 8.13. The van der Waals surface area contributed by atoms with Crippen molar-refractivity contribution in [2.45, 2.75) is 71.8 Å². The fraction of sp³-hybridized carbons (Fsp3) is 0.593. The minimum Gasteiger partial charge on any atom is -0.340 e. The van der Waals surface area contributed by atoms with Gasteiger partial charge in [-0.2, -0.15) is 0 Å². The second kappa shape index (κ2) is 11.4. The van der Waals surface area contributed by atoms with Crippen molar-refractivity contribution in [1.82, 2.24) is 9.80 Å². The van der Waals surface area contributed by atoms with Crippen molar-refractivity contribution < 1.29 is 9.59 Å². The van der Waals surface area contributed by atoms with E-state index >= 15 is 0 Å². The van der Waals surface area contributed by atoms with E-state index in [0.29, 0.717) is 19.5 Å². The predicted molar refractivity (Wildman–Crippen MR) is 141 cm³/mol. The number of hydrogen-bond acceptors (Lipinski definition) is 5. The largest absolute Gasteiger partial charge is 0.340 e. The van der Waals surface area contributed by atoms with E-state index < -0.39 is 0 Å². The number of aliphatic imine (C=N–C) groups is 1. The van der Waals surface area contributed by atoms with Gasteiger partial charge in [-0.05, 0) is 57.2 Å². The van der Waals surface area contributed by atoms with Gasteiger partial charge in [-0.3, -0.25) is 9.59 Å². The number of rotatable bonds is 8. The van der Waals surface area contributed by atoms with Crippen LogP contribution in [0.5, 0.6) is 0 Å². The van der Waals surface area contributed by atoms with Crippen LogP contribution < -0.4 is 5.32 Å². The van der Waals surface area contributed by atoms with Crippen LogP contribution in [0.25, 0.3) is 0 Å². The highest BCUT2D eigenvalue weighted by Crippen LogP contribution is 2.40. The van der Waals surface area contributed by atoms with Crippen molar-refractivity contribution in [2.24, 2.45) is 10.9 Å².